The standard InChI is InChI=1S/C18H33NOS/c1-5-6-7-8-9-10-11-12-13-16(20)15-14-21-17(19-15)18(2,3)4/h14,16,20H,5-13H2,1-4H3. The molecule has 1 unspecified atom stereocenters. The molecule has 0 aliphatic rings. The molecular formula is C18H33NOS. The van der Waals surface area contributed by atoms with E-state index in [9.17, 15) is 5.11 Å². The van der Waals surface area contributed by atoms with Crippen molar-refractivity contribution < 1.29 is 5.11 Å². The Morgan fingerprint density at radius 2 is 1.62 bits per heavy atom. The lowest BCUT2D eigenvalue weighted by molar-refractivity contribution is 0.159. The fraction of sp³-hybridized carbons (Fsp3) is 0.833. The van der Waals surface area contributed by atoms with Crippen molar-refractivity contribution in [3.05, 3.63) is 16.1 Å². The number of rotatable bonds is 10. The van der Waals surface area contributed by atoms with Gasteiger partial charge in [0.1, 0.15) is 0 Å². The largest absolute Gasteiger partial charge is 0.387 e. The van der Waals surface area contributed by atoms with Crippen LogP contribution in [0, 0.1) is 0 Å². The van der Waals surface area contributed by atoms with Crippen molar-refractivity contribution in [2.24, 2.45) is 0 Å². The molecule has 1 atom stereocenters. The molecule has 2 nitrogen and oxygen atoms in total. The zero-order valence-corrected chi connectivity index (χ0v) is 15.1. The van der Waals surface area contributed by atoms with Crippen LogP contribution in [0.15, 0.2) is 5.38 Å². The van der Waals surface area contributed by atoms with Crippen molar-refractivity contribution in [3.63, 3.8) is 0 Å². The summed E-state index contributed by atoms with van der Waals surface area (Å²) in [6, 6.07) is 0. The first-order chi connectivity index (χ1) is 9.95. The minimum atomic E-state index is -0.377. The highest BCUT2D eigenvalue weighted by molar-refractivity contribution is 7.09. The van der Waals surface area contributed by atoms with Crippen molar-refractivity contribution in [2.45, 2.75) is 97.0 Å². The van der Waals surface area contributed by atoms with Crippen LogP contribution < -0.4 is 0 Å². The van der Waals surface area contributed by atoms with Gasteiger partial charge in [0.2, 0.25) is 0 Å². The highest BCUT2D eigenvalue weighted by atomic mass is 32.1. The molecule has 1 N–H and O–H groups in total. The number of hydrogen-bond donors (Lipinski definition) is 1. The smallest absolute Gasteiger partial charge is 0.0983 e. The topological polar surface area (TPSA) is 33.1 Å². The number of aliphatic hydroxyl groups is 1. The first-order valence-corrected chi connectivity index (χ1v) is 9.47. The maximum atomic E-state index is 10.2. The quantitative estimate of drug-likeness (QED) is 0.537. The molecule has 0 amide bonds. The Morgan fingerprint density at radius 1 is 1.05 bits per heavy atom. The van der Waals surface area contributed by atoms with Crippen molar-refractivity contribution in [3.8, 4) is 0 Å². The van der Waals surface area contributed by atoms with Crippen LogP contribution in [0.5, 0.6) is 0 Å². The highest BCUT2D eigenvalue weighted by Crippen LogP contribution is 2.29. The predicted molar refractivity (Wildman–Crippen MR) is 93.0 cm³/mol. The molecule has 1 aromatic heterocycles. The minimum Gasteiger partial charge on any atom is -0.387 e. The van der Waals surface area contributed by atoms with Crippen LogP contribution in [-0.4, -0.2) is 10.1 Å². The van der Waals surface area contributed by atoms with Gasteiger partial charge in [-0.1, -0.05) is 79.1 Å². The summed E-state index contributed by atoms with van der Waals surface area (Å²) in [6.07, 6.45) is 10.9. The normalized spacial score (nSPS) is 13.6. The fourth-order valence-electron chi connectivity index (χ4n) is 2.40. The van der Waals surface area contributed by atoms with E-state index < -0.39 is 0 Å². The van der Waals surface area contributed by atoms with Crippen molar-refractivity contribution >= 4 is 11.3 Å². The van der Waals surface area contributed by atoms with Gasteiger partial charge >= 0.3 is 0 Å². The molecule has 0 aliphatic carbocycles. The van der Waals surface area contributed by atoms with Crippen LogP contribution in [0.2, 0.25) is 0 Å². The third-order valence-corrected chi connectivity index (χ3v) is 5.12. The van der Waals surface area contributed by atoms with E-state index in [1.807, 2.05) is 5.38 Å². The van der Waals surface area contributed by atoms with Crippen molar-refractivity contribution in [1.82, 2.24) is 4.98 Å². The SMILES string of the molecule is CCCCCCCCCCC(O)c1csc(C(C)(C)C)n1. The number of nitrogens with zero attached hydrogens (tertiary/aromatic N) is 1. The highest BCUT2D eigenvalue weighted by Gasteiger charge is 2.20. The van der Waals surface area contributed by atoms with Gasteiger partial charge in [-0.3, -0.25) is 0 Å². The van der Waals surface area contributed by atoms with Gasteiger partial charge in [0.15, 0.2) is 0 Å². The van der Waals surface area contributed by atoms with Gasteiger partial charge in [0.05, 0.1) is 16.8 Å². The van der Waals surface area contributed by atoms with E-state index in [0.717, 1.165) is 23.5 Å². The number of thiazole rings is 1. The summed E-state index contributed by atoms with van der Waals surface area (Å²) in [5, 5.41) is 13.4. The van der Waals surface area contributed by atoms with Crippen LogP contribution in [0.3, 0.4) is 0 Å². The van der Waals surface area contributed by atoms with Crippen molar-refractivity contribution in [2.75, 3.05) is 0 Å². The summed E-state index contributed by atoms with van der Waals surface area (Å²) in [5.74, 6) is 0. The zero-order chi connectivity index (χ0) is 15.7. The minimum absolute atomic E-state index is 0.0845. The van der Waals surface area contributed by atoms with E-state index in [-0.39, 0.29) is 11.5 Å². The van der Waals surface area contributed by atoms with Crippen LogP contribution in [-0.2, 0) is 5.41 Å². The summed E-state index contributed by atoms with van der Waals surface area (Å²) in [5.41, 5.74) is 0.953. The number of aliphatic hydroxyl groups excluding tert-OH is 1. The number of hydrogen-bond acceptors (Lipinski definition) is 3. The second kappa shape index (κ2) is 9.58. The first-order valence-electron chi connectivity index (χ1n) is 8.59. The van der Waals surface area contributed by atoms with Gasteiger partial charge in [0, 0.05) is 10.8 Å². The van der Waals surface area contributed by atoms with E-state index in [0.29, 0.717) is 0 Å². The molecule has 0 saturated carbocycles. The van der Waals surface area contributed by atoms with Gasteiger partial charge in [-0.2, -0.15) is 0 Å². The second-order valence-corrected chi connectivity index (χ2v) is 7.96. The Bertz CT molecular complexity index is 381. The third kappa shape index (κ3) is 7.42. The molecule has 0 spiro atoms. The van der Waals surface area contributed by atoms with Crippen LogP contribution in [0.4, 0.5) is 0 Å². The molecule has 1 aromatic rings. The second-order valence-electron chi connectivity index (χ2n) is 7.11. The maximum Gasteiger partial charge on any atom is 0.0983 e. The van der Waals surface area contributed by atoms with E-state index >= 15 is 0 Å². The van der Waals surface area contributed by atoms with Gasteiger partial charge < -0.3 is 5.11 Å². The van der Waals surface area contributed by atoms with Crippen molar-refractivity contribution in [1.29, 1.82) is 0 Å². The van der Waals surface area contributed by atoms with Gasteiger partial charge in [-0.05, 0) is 6.42 Å². The number of aromatic nitrogens is 1. The molecule has 0 bridgehead atoms. The summed E-state index contributed by atoms with van der Waals surface area (Å²) in [4.78, 5) is 4.60. The Hall–Kier alpha value is -0.410. The molecule has 1 heterocycles. The van der Waals surface area contributed by atoms with E-state index in [2.05, 4.69) is 32.7 Å². The molecule has 21 heavy (non-hydrogen) atoms. The van der Waals surface area contributed by atoms with E-state index in [1.54, 1.807) is 11.3 Å². The summed E-state index contributed by atoms with van der Waals surface area (Å²) < 4.78 is 0. The number of unbranched alkanes of at least 4 members (excludes halogenated alkanes) is 7. The molecule has 0 aromatic carbocycles. The molecule has 0 radical (unpaired) electrons. The molecule has 0 aliphatic heterocycles. The van der Waals surface area contributed by atoms with Gasteiger partial charge in [0.25, 0.3) is 0 Å². The van der Waals surface area contributed by atoms with E-state index in [4.69, 9.17) is 0 Å². The first kappa shape index (κ1) is 18.6. The average Bonchev–Trinajstić information content (AvgIpc) is 2.91. The fourth-order valence-corrected chi connectivity index (χ4v) is 3.36. The average molecular weight is 312 g/mol. The van der Waals surface area contributed by atoms with Gasteiger partial charge in [-0.25, -0.2) is 4.98 Å². The summed E-state index contributed by atoms with van der Waals surface area (Å²) >= 11 is 1.67. The van der Waals surface area contributed by atoms with Gasteiger partial charge in [-0.15, -0.1) is 11.3 Å². The summed E-state index contributed by atoms with van der Waals surface area (Å²) in [7, 11) is 0. The summed E-state index contributed by atoms with van der Waals surface area (Å²) in [6.45, 7) is 8.76. The Morgan fingerprint density at radius 3 is 2.14 bits per heavy atom. The molecule has 122 valence electrons. The van der Waals surface area contributed by atoms with Crippen LogP contribution >= 0.6 is 11.3 Å². The lowest BCUT2D eigenvalue weighted by Gasteiger charge is -2.14. The Labute approximate surface area is 135 Å². The monoisotopic (exact) mass is 311 g/mol. The predicted octanol–water partition coefficient (Wildman–Crippen LogP) is 6.00. The zero-order valence-electron chi connectivity index (χ0n) is 14.3. The van der Waals surface area contributed by atoms with Crippen LogP contribution in [0.25, 0.3) is 0 Å². The molecular weight excluding hydrogens is 278 g/mol. The lowest BCUT2D eigenvalue weighted by atomic mass is 9.98. The third-order valence-electron chi connectivity index (χ3n) is 3.84. The lowest BCUT2D eigenvalue weighted by Crippen LogP contribution is -2.11. The Balaban J connectivity index is 2.16. The molecule has 3 heteroatoms. The maximum absolute atomic E-state index is 10.2. The molecule has 0 saturated heterocycles. The molecule has 1 rings (SSSR count). The Kier molecular flexibility index (Phi) is 8.50. The van der Waals surface area contributed by atoms with Crippen LogP contribution in [0.1, 0.15) is 102 Å². The van der Waals surface area contributed by atoms with E-state index in [1.165, 1.54) is 44.9 Å². The molecule has 0 fully saturated rings.